The second kappa shape index (κ2) is 12.4. The van der Waals surface area contributed by atoms with E-state index in [4.69, 9.17) is 14.2 Å². The Bertz CT molecular complexity index is 953. The van der Waals surface area contributed by atoms with E-state index >= 15 is 0 Å². The number of carbonyl (C=O) groups excluding carboxylic acids is 2. The molecule has 2 N–H and O–H groups in total. The fraction of sp³-hybridized carbons (Fsp3) is 0.462. The summed E-state index contributed by atoms with van der Waals surface area (Å²) >= 11 is 0. The molecule has 0 bridgehead atoms. The third-order valence-corrected chi connectivity index (χ3v) is 5.53. The maximum atomic E-state index is 12.6. The molecule has 2 unspecified atom stereocenters. The predicted molar refractivity (Wildman–Crippen MR) is 130 cm³/mol. The zero-order chi connectivity index (χ0) is 24.5. The highest BCUT2D eigenvalue weighted by Crippen LogP contribution is 2.28. The van der Waals surface area contributed by atoms with Crippen LogP contribution in [0.1, 0.15) is 42.3 Å². The van der Waals surface area contributed by atoms with Gasteiger partial charge in [0.15, 0.2) is 18.1 Å². The van der Waals surface area contributed by atoms with Crippen LogP contribution in [0.15, 0.2) is 42.5 Å². The van der Waals surface area contributed by atoms with Crippen molar-refractivity contribution >= 4 is 11.8 Å². The summed E-state index contributed by atoms with van der Waals surface area (Å²) in [7, 11) is 1.54. The molecule has 1 aliphatic heterocycles. The van der Waals surface area contributed by atoms with E-state index in [1.165, 1.54) is 12.7 Å². The lowest BCUT2D eigenvalue weighted by molar-refractivity contribution is -0.123. The third-order valence-electron chi connectivity index (χ3n) is 5.53. The van der Waals surface area contributed by atoms with E-state index in [0.29, 0.717) is 30.2 Å². The number of carbonyl (C=O) groups is 2. The zero-order valence-corrected chi connectivity index (χ0v) is 20.4. The average molecular weight is 470 g/mol. The lowest BCUT2D eigenvalue weighted by Gasteiger charge is -2.35. The standard InChI is InChI=1S/C26H35N3O5/c1-5-27-25(30)17-33-23-11-8-21(12-24(23)32-4)13-28-26(31)22-9-6-20(7-10-22)16-29-14-18(2)34-19(3)15-29/h6-12,18-19H,5,13-17H2,1-4H3,(H,27,30)(H,28,31). The number of nitrogens with one attached hydrogen (secondary N) is 2. The molecule has 1 fully saturated rings. The van der Waals surface area contributed by atoms with Crippen molar-refractivity contribution in [2.75, 3.05) is 33.4 Å². The van der Waals surface area contributed by atoms with Crippen molar-refractivity contribution in [1.29, 1.82) is 0 Å². The normalized spacial score (nSPS) is 18.2. The predicted octanol–water partition coefficient (Wildman–Crippen LogP) is 2.75. The van der Waals surface area contributed by atoms with Gasteiger partial charge in [0.1, 0.15) is 0 Å². The van der Waals surface area contributed by atoms with Crippen molar-refractivity contribution in [2.45, 2.75) is 46.1 Å². The summed E-state index contributed by atoms with van der Waals surface area (Å²) in [5, 5.41) is 5.62. The van der Waals surface area contributed by atoms with Crippen LogP contribution in [0.2, 0.25) is 0 Å². The van der Waals surface area contributed by atoms with Gasteiger partial charge in [0.25, 0.3) is 11.8 Å². The van der Waals surface area contributed by atoms with Gasteiger partial charge in [-0.15, -0.1) is 0 Å². The number of amides is 2. The van der Waals surface area contributed by atoms with Crippen LogP contribution in [0, 0.1) is 0 Å². The molecule has 2 aromatic carbocycles. The minimum atomic E-state index is -0.194. The highest BCUT2D eigenvalue weighted by molar-refractivity contribution is 5.94. The van der Waals surface area contributed by atoms with Crippen molar-refractivity contribution in [3.05, 3.63) is 59.2 Å². The molecule has 184 valence electrons. The van der Waals surface area contributed by atoms with Gasteiger partial charge < -0.3 is 24.8 Å². The minimum absolute atomic E-state index is 0.0835. The minimum Gasteiger partial charge on any atom is -0.493 e. The molecule has 2 amide bonds. The van der Waals surface area contributed by atoms with Crippen molar-refractivity contribution in [1.82, 2.24) is 15.5 Å². The smallest absolute Gasteiger partial charge is 0.257 e. The number of hydrogen-bond donors (Lipinski definition) is 2. The quantitative estimate of drug-likeness (QED) is 0.556. The van der Waals surface area contributed by atoms with E-state index in [2.05, 4.69) is 29.4 Å². The molecule has 1 saturated heterocycles. The first-order valence-electron chi connectivity index (χ1n) is 11.7. The number of methoxy groups -OCH3 is 1. The van der Waals surface area contributed by atoms with Gasteiger partial charge in [-0.1, -0.05) is 18.2 Å². The number of benzene rings is 2. The summed E-state index contributed by atoms with van der Waals surface area (Å²) in [4.78, 5) is 26.6. The molecule has 0 spiro atoms. The molecule has 0 aliphatic carbocycles. The van der Waals surface area contributed by atoms with Crippen LogP contribution in [-0.2, 0) is 22.6 Å². The van der Waals surface area contributed by atoms with Crippen LogP contribution < -0.4 is 20.1 Å². The Kier molecular flexibility index (Phi) is 9.30. The Balaban J connectivity index is 1.52. The number of nitrogens with zero attached hydrogens (tertiary/aromatic N) is 1. The van der Waals surface area contributed by atoms with E-state index in [0.717, 1.165) is 25.2 Å². The van der Waals surface area contributed by atoms with Gasteiger partial charge in [-0.3, -0.25) is 14.5 Å². The molecule has 3 rings (SSSR count). The molecular formula is C26H35N3O5. The Hall–Kier alpha value is -3.10. The molecule has 8 heteroatoms. The molecule has 8 nitrogen and oxygen atoms in total. The Labute approximate surface area is 201 Å². The summed E-state index contributed by atoms with van der Waals surface area (Å²) in [5.41, 5.74) is 2.65. The van der Waals surface area contributed by atoms with Gasteiger partial charge in [-0.25, -0.2) is 0 Å². The fourth-order valence-corrected chi connectivity index (χ4v) is 4.05. The van der Waals surface area contributed by atoms with Crippen molar-refractivity contribution in [3.8, 4) is 11.5 Å². The second-order valence-corrected chi connectivity index (χ2v) is 8.56. The number of morpholine rings is 1. The lowest BCUT2D eigenvalue weighted by atomic mass is 10.1. The summed E-state index contributed by atoms with van der Waals surface area (Å²) in [5.74, 6) is 0.646. The fourth-order valence-electron chi connectivity index (χ4n) is 4.05. The van der Waals surface area contributed by atoms with Crippen molar-refractivity contribution < 1.29 is 23.8 Å². The Morgan fingerprint density at radius 3 is 2.32 bits per heavy atom. The highest BCUT2D eigenvalue weighted by Gasteiger charge is 2.22. The SMILES string of the molecule is CCNC(=O)COc1ccc(CNC(=O)c2ccc(CN3CC(C)OC(C)C3)cc2)cc1OC. The summed E-state index contributed by atoms with van der Waals surface area (Å²) < 4.78 is 16.7. The first-order chi connectivity index (χ1) is 16.4. The number of rotatable bonds is 10. The van der Waals surface area contributed by atoms with Gasteiger partial charge in [-0.05, 0) is 56.2 Å². The van der Waals surface area contributed by atoms with E-state index < -0.39 is 0 Å². The number of ether oxygens (including phenoxy) is 3. The highest BCUT2D eigenvalue weighted by atomic mass is 16.5. The Morgan fingerprint density at radius 2 is 1.68 bits per heavy atom. The van der Waals surface area contributed by atoms with Gasteiger partial charge in [-0.2, -0.15) is 0 Å². The molecule has 0 saturated carbocycles. The van der Waals surface area contributed by atoms with Gasteiger partial charge in [0.05, 0.1) is 19.3 Å². The van der Waals surface area contributed by atoms with E-state index in [9.17, 15) is 9.59 Å². The first kappa shape index (κ1) is 25.5. The van der Waals surface area contributed by atoms with E-state index in [-0.39, 0.29) is 30.6 Å². The van der Waals surface area contributed by atoms with Crippen LogP contribution in [-0.4, -0.2) is 62.3 Å². The molecular weight excluding hydrogens is 434 g/mol. The topological polar surface area (TPSA) is 89.1 Å². The van der Waals surface area contributed by atoms with Gasteiger partial charge >= 0.3 is 0 Å². The Morgan fingerprint density at radius 1 is 1.00 bits per heavy atom. The molecule has 34 heavy (non-hydrogen) atoms. The lowest BCUT2D eigenvalue weighted by Crippen LogP contribution is -2.44. The van der Waals surface area contributed by atoms with Crippen LogP contribution >= 0.6 is 0 Å². The van der Waals surface area contributed by atoms with Gasteiger partial charge in [0.2, 0.25) is 0 Å². The third kappa shape index (κ3) is 7.46. The van der Waals surface area contributed by atoms with Crippen LogP contribution in [0.5, 0.6) is 11.5 Å². The zero-order valence-electron chi connectivity index (χ0n) is 20.4. The monoisotopic (exact) mass is 469 g/mol. The summed E-state index contributed by atoms with van der Waals surface area (Å²) in [6, 6.07) is 13.1. The second-order valence-electron chi connectivity index (χ2n) is 8.56. The average Bonchev–Trinajstić information content (AvgIpc) is 2.81. The summed E-state index contributed by atoms with van der Waals surface area (Å²) in [6.07, 6.45) is 0.460. The van der Waals surface area contributed by atoms with E-state index in [1.807, 2.05) is 37.3 Å². The first-order valence-corrected chi connectivity index (χ1v) is 11.7. The molecule has 2 aromatic rings. The van der Waals surface area contributed by atoms with Gasteiger partial charge in [0, 0.05) is 38.3 Å². The summed E-state index contributed by atoms with van der Waals surface area (Å²) in [6.45, 7) is 9.51. The molecule has 0 radical (unpaired) electrons. The molecule has 1 aliphatic rings. The van der Waals surface area contributed by atoms with Crippen LogP contribution in [0.3, 0.4) is 0 Å². The molecule has 0 aromatic heterocycles. The molecule has 2 atom stereocenters. The van der Waals surface area contributed by atoms with Crippen molar-refractivity contribution in [2.24, 2.45) is 0 Å². The number of likely N-dealkylation sites (N-methyl/N-ethyl adjacent to an activating group) is 1. The maximum absolute atomic E-state index is 12.6. The maximum Gasteiger partial charge on any atom is 0.257 e. The number of hydrogen-bond acceptors (Lipinski definition) is 6. The van der Waals surface area contributed by atoms with E-state index in [1.54, 1.807) is 12.1 Å². The van der Waals surface area contributed by atoms with Crippen molar-refractivity contribution in [3.63, 3.8) is 0 Å². The molecule has 1 heterocycles. The van der Waals surface area contributed by atoms with Crippen LogP contribution in [0.25, 0.3) is 0 Å². The largest absolute Gasteiger partial charge is 0.493 e. The van der Waals surface area contributed by atoms with Crippen LogP contribution in [0.4, 0.5) is 0 Å².